The van der Waals surface area contributed by atoms with Gasteiger partial charge < -0.3 is 5.32 Å². The molecular formula is C14H21F2N. The lowest BCUT2D eigenvalue weighted by Crippen LogP contribution is -2.25. The van der Waals surface area contributed by atoms with E-state index in [0.717, 1.165) is 18.5 Å². The Hall–Kier alpha value is -0.960. The van der Waals surface area contributed by atoms with E-state index in [1.807, 2.05) is 0 Å². The van der Waals surface area contributed by atoms with Crippen LogP contribution in [0.3, 0.4) is 0 Å². The topological polar surface area (TPSA) is 12.0 Å². The van der Waals surface area contributed by atoms with E-state index in [1.54, 1.807) is 12.1 Å². The highest BCUT2D eigenvalue weighted by molar-refractivity contribution is 5.23. The smallest absolute Gasteiger partial charge is 0.263 e. The van der Waals surface area contributed by atoms with Crippen molar-refractivity contribution in [3.05, 3.63) is 35.4 Å². The van der Waals surface area contributed by atoms with Crippen LogP contribution in [0.4, 0.5) is 8.78 Å². The molecule has 1 rings (SSSR count). The van der Waals surface area contributed by atoms with Gasteiger partial charge in [-0.3, -0.25) is 0 Å². The lowest BCUT2D eigenvalue weighted by Gasteiger charge is -2.13. The maximum Gasteiger partial charge on any atom is 0.263 e. The second-order valence-corrected chi connectivity index (χ2v) is 4.47. The van der Waals surface area contributed by atoms with Crippen molar-refractivity contribution in [2.45, 2.75) is 52.1 Å². The maximum absolute atomic E-state index is 12.3. The van der Waals surface area contributed by atoms with Crippen LogP contribution in [0.5, 0.6) is 0 Å². The molecule has 0 aliphatic rings. The summed E-state index contributed by atoms with van der Waals surface area (Å²) in [6, 6.07) is 7.00. The highest BCUT2D eigenvalue weighted by atomic mass is 19.3. The molecule has 0 spiro atoms. The number of nitrogens with one attached hydrogen (secondary N) is 1. The van der Waals surface area contributed by atoms with Gasteiger partial charge in [0.05, 0.1) is 0 Å². The van der Waals surface area contributed by atoms with Crippen LogP contribution in [-0.4, -0.2) is 6.04 Å². The van der Waals surface area contributed by atoms with E-state index in [9.17, 15) is 8.78 Å². The molecule has 96 valence electrons. The van der Waals surface area contributed by atoms with Crippen molar-refractivity contribution in [3.63, 3.8) is 0 Å². The quantitative estimate of drug-likeness (QED) is 0.750. The molecular weight excluding hydrogens is 220 g/mol. The molecule has 0 radical (unpaired) electrons. The zero-order chi connectivity index (χ0) is 12.7. The molecule has 1 unspecified atom stereocenters. The first kappa shape index (κ1) is 14.1. The van der Waals surface area contributed by atoms with Crippen LogP contribution >= 0.6 is 0 Å². The molecule has 1 atom stereocenters. The molecule has 1 nitrogen and oxygen atoms in total. The second-order valence-electron chi connectivity index (χ2n) is 4.47. The Morgan fingerprint density at radius 1 is 1.18 bits per heavy atom. The third-order valence-electron chi connectivity index (χ3n) is 2.88. The minimum absolute atomic E-state index is 0.0905. The number of unbranched alkanes of at least 4 members (excludes halogenated alkanes) is 1. The average molecular weight is 241 g/mol. The zero-order valence-corrected chi connectivity index (χ0v) is 10.5. The van der Waals surface area contributed by atoms with Crippen LogP contribution < -0.4 is 5.32 Å². The van der Waals surface area contributed by atoms with Gasteiger partial charge >= 0.3 is 0 Å². The summed E-state index contributed by atoms with van der Waals surface area (Å²) in [5, 5.41) is 3.39. The Bertz CT molecular complexity index is 309. The van der Waals surface area contributed by atoms with Crippen molar-refractivity contribution < 1.29 is 8.78 Å². The zero-order valence-electron chi connectivity index (χ0n) is 10.5. The predicted molar refractivity (Wildman–Crippen MR) is 67.2 cm³/mol. The molecule has 0 fully saturated rings. The Morgan fingerprint density at radius 2 is 1.82 bits per heavy atom. The molecule has 17 heavy (non-hydrogen) atoms. The lowest BCUT2D eigenvalue weighted by atomic mass is 10.1. The van der Waals surface area contributed by atoms with E-state index in [0.29, 0.717) is 6.04 Å². The average Bonchev–Trinajstić information content (AvgIpc) is 2.34. The minimum Gasteiger partial charge on any atom is -0.310 e. The summed E-state index contributed by atoms with van der Waals surface area (Å²) in [4.78, 5) is 0. The molecule has 0 heterocycles. The Labute approximate surface area is 102 Å². The monoisotopic (exact) mass is 241 g/mol. The molecule has 0 aliphatic heterocycles. The fraction of sp³-hybridized carbons (Fsp3) is 0.571. The molecule has 0 saturated carbocycles. The van der Waals surface area contributed by atoms with E-state index >= 15 is 0 Å². The van der Waals surface area contributed by atoms with Gasteiger partial charge in [-0.05, 0) is 18.9 Å². The highest BCUT2D eigenvalue weighted by Gasteiger charge is 2.06. The normalized spacial score (nSPS) is 13.0. The van der Waals surface area contributed by atoms with E-state index in [4.69, 9.17) is 0 Å². The van der Waals surface area contributed by atoms with Crippen LogP contribution in [0.1, 0.15) is 50.7 Å². The van der Waals surface area contributed by atoms with Crippen LogP contribution in [0.2, 0.25) is 0 Å². The first-order chi connectivity index (χ1) is 8.13. The highest BCUT2D eigenvalue weighted by Crippen LogP contribution is 2.18. The number of hydrogen-bond donors (Lipinski definition) is 1. The Kier molecular flexibility index (Phi) is 6.12. The molecule has 1 aromatic rings. The van der Waals surface area contributed by atoms with Crippen LogP contribution in [-0.2, 0) is 6.54 Å². The summed E-state index contributed by atoms with van der Waals surface area (Å²) in [7, 11) is 0. The van der Waals surface area contributed by atoms with Gasteiger partial charge in [0.25, 0.3) is 6.43 Å². The van der Waals surface area contributed by atoms with Crippen molar-refractivity contribution in [2.24, 2.45) is 0 Å². The van der Waals surface area contributed by atoms with Crippen LogP contribution in [0, 0.1) is 0 Å². The van der Waals surface area contributed by atoms with Crippen LogP contribution in [0.25, 0.3) is 0 Å². The predicted octanol–water partition coefficient (Wildman–Crippen LogP) is 4.29. The van der Waals surface area contributed by atoms with E-state index in [2.05, 4.69) is 19.2 Å². The summed E-state index contributed by atoms with van der Waals surface area (Å²) in [6.45, 7) is 5.08. The number of halogens is 2. The standard InChI is InChI=1S/C14H21F2N/c1-3-4-5-11(2)17-10-12-6-8-13(9-7-12)14(15)16/h6-9,11,14,17H,3-5,10H2,1-2H3. The largest absolute Gasteiger partial charge is 0.310 e. The second kappa shape index (κ2) is 7.38. The molecule has 0 saturated heterocycles. The van der Waals surface area contributed by atoms with Gasteiger partial charge in [0.15, 0.2) is 0 Å². The number of alkyl halides is 2. The van der Waals surface area contributed by atoms with Crippen molar-refractivity contribution in [1.82, 2.24) is 5.32 Å². The van der Waals surface area contributed by atoms with Crippen molar-refractivity contribution in [2.75, 3.05) is 0 Å². The molecule has 1 N–H and O–H groups in total. The molecule has 3 heteroatoms. The number of hydrogen-bond acceptors (Lipinski definition) is 1. The fourth-order valence-electron chi connectivity index (χ4n) is 1.69. The van der Waals surface area contributed by atoms with Gasteiger partial charge in [0.2, 0.25) is 0 Å². The van der Waals surface area contributed by atoms with E-state index in [1.165, 1.54) is 25.0 Å². The number of benzene rings is 1. The van der Waals surface area contributed by atoms with Gasteiger partial charge in [-0.1, -0.05) is 44.0 Å². The summed E-state index contributed by atoms with van der Waals surface area (Å²) >= 11 is 0. The van der Waals surface area contributed by atoms with Crippen molar-refractivity contribution >= 4 is 0 Å². The van der Waals surface area contributed by atoms with E-state index in [-0.39, 0.29) is 5.56 Å². The van der Waals surface area contributed by atoms with Gasteiger partial charge in [-0.25, -0.2) is 8.78 Å². The van der Waals surface area contributed by atoms with Crippen LogP contribution in [0.15, 0.2) is 24.3 Å². The molecule has 0 bridgehead atoms. The summed E-state index contributed by atoms with van der Waals surface area (Å²) < 4.78 is 24.7. The van der Waals surface area contributed by atoms with Gasteiger partial charge in [0, 0.05) is 18.2 Å². The van der Waals surface area contributed by atoms with Crippen molar-refractivity contribution in [3.8, 4) is 0 Å². The van der Waals surface area contributed by atoms with Gasteiger partial charge in [-0.2, -0.15) is 0 Å². The fourth-order valence-corrected chi connectivity index (χ4v) is 1.69. The number of rotatable bonds is 7. The molecule has 0 aliphatic carbocycles. The molecule has 0 aromatic heterocycles. The summed E-state index contributed by atoms with van der Waals surface area (Å²) in [5.74, 6) is 0. The Balaban J connectivity index is 2.36. The Morgan fingerprint density at radius 3 is 2.35 bits per heavy atom. The van der Waals surface area contributed by atoms with Crippen molar-refractivity contribution in [1.29, 1.82) is 0 Å². The first-order valence-corrected chi connectivity index (χ1v) is 6.23. The molecule has 1 aromatic carbocycles. The first-order valence-electron chi connectivity index (χ1n) is 6.23. The maximum atomic E-state index is 12.3. The van der Waals surface area contributed by atoms with E-state index < -0.39 is 6.43 Å². The lowest BCUT2D eigenvalue weighted by molar-refractivity contribution is 0.151. The van der Waals surface area contributed by atoms with Gasteiger partial charge in [-0.15, -0.1) is 0 Å². The summed E-state index contributed by atoms with van der Waals surface area (Å²) in [6.07, 6.45) is 1.21. The molecule has 0 amide bonds. The summed E-state index contributed by atoms with van der Waals surface area (Å²) in [5.41, 5.74) is 1.14. The third-order valence-corrected chi connectivity index (χ3v) is 2.88. The third kappa shape index (κ3) is 5.26. The minimum atomic E-state index is -2.37. The SMILES string of the molecule is CCCCC(C)NCc1ccc(C(F)F)cc1. The van der Waals surface area contributed by atoms with Gasteiger partial charge in [0.1, 0.15) is 0 Å².